The molecule has 2 N–H and O–H groups in total. The first kappa shape index (κ1) is 13.6. The molecule has 1 saturated heterocycles. The summed E-state index contributed by atoms with van der Waals surface area (Å²) in [6, 6.07) is 5.12. The average molecular weight is 276 g/mol. The SMILES string of the molecule is Cc1cccc(C(=O)NC2CCNC3(CCC3)C2)c1F. The fraction of sp³-hybridized carbons (Fsp3) is 0.562. The Labute approximate surface area is 118 Å². The van der Waals surface area contributed by atoms with Crippen LogP contribution in [0.4, 0.5) is 4.39 Å². The summed E-state index contributed by atoms with van der Waals surface area (Å²) in [4.78, 5) is 12.2. The van der Waals surface area contributed by atoms with Crippen LogP contribution < -0.4 is 10.6 Å². The second kappa shape index (κ2) is 5.17. The summed E-state index contributed by atoms with van der Waals surface area (Å²) >= 11 is 0. The maximum absolute atomic E-state index is 14.0. The van der Waals surface area contributed by atoms with E-state index in [2.05, 4.69) is 10.6 Å². The Hall–Kier alpha value is -1.42. The molecular formula is C16H21FN2O. The summed E-state index contributed by atoms with van der Waals surface area (Å²) in [6.07, 6.45) is 5.53. The predicted octanol–water partition coefficient (Wildman–Crippen LogP) is 2.54. The van der Waals surface area contributed by atoms with Crippen LogP contribution in [0.1, 0.15) is 48.0 Å². The third-order valence-corrected chi connectivity index (χ3v) is 4.71. The molecule has 3 rings (SSSR count). The molecule has 0 bridgehead atoms. The summed E-state index contributed by atoms with van der Waals surface area (Å²) in [7, 11) is 0. The molecule has 108 valence electrons. The van der Waals surface area contributed by atoms with Crippen LogP contribution in [-0.4, -0.2) is 24.0 Å². The number of amides is 1. The van der Waals surface area contributed by atoms with Crippen molar-refractivity contribution in [3.8, 4) is 0 Å². The first-order chi connectivity index (χ1) is 9.60. The van der Waals surface area contributed by atoms with Gasteiger partial charge in [0.05, 0.1) is 5.56 Å². The molecule has 2 fully saturated rings. The quantitative estimate of drug-likeness (QED) is 0.871. The molecule has 1 saturated carbocycles. The van der Waals surface area contributed by atoms with E-state index in [1.165, 1.54) is 19.3 Å². The van der Waals surface area contributed by atoms with E-state index in [-0.39, 0.29) is 23.1 Å². The van der Waals surface area contributed by atoms with Crippen LogP contribution in [0.3, 0.4) is 0 Å². The van der Waals surface area contributed by atoms with Gasteiger partial charge in [-0.1, -0.05) is 12.1 Å². The number of carbonyl (C=O) groups is 1. The average Bonchev–Trinajstić information content (AvgIpc) is 2.40. The lowest BCUT2D eigenvalue weighted by Gasteiger charge is -2.48. The van der Waals surface area contributed by atoms with Crippen LogP contribution in [0.15, 0.2) is 18.2 Å². The number of rotatable bonds is 2. The number of benzene rings is 1. The predicted molar refractivity (Wildman–Crippen MR) is 76.2 cm³/mol. The molecule has 1 aliphatic carbocycles. The molecule has 1 atom stereocenters. The van der Waals surface area contributed by atoms with E-state index in [4.69, 9.17) is 0 Å². The first-order valence-electron chi connectivity index (χ1n) is 7.41. The van der Waals surface area contributed by atoms with Crippen molar-refractivity contribution in [1.29, 1.82) is 0 Å². The molecule has 1 aliphatic heterocycles. The van der Waals surface area contributed by atoms with Crippen molar-refractivity contribution in [1.82, 2.24) is 10.6 Å². The van der Waals surface area contributed by atoms with E-state index in [0.717, 1.165) is 19.4 Å². The van der Waals surface area contributed by atoms with E-state index in [9.17, 15) is 9.18 Å². The van der Waals surface area contributed by atoms with E-state index >= 15 is 0 Å². The zero-order chi connectivity index (χ0) is 14.2. The van der Waals surface area contributed by atoms with Gasteiger partial charge < -0.3 is 10.6 Å². The van der Waals surface area contributed by atoms with Crippen LogP contribution in [0.2, 0.25) is 0 Å². The molecule has 1 aromatic rings. The van der Waals surface area contributed by atoms with Gasteiger partial charge in [0.2, 0.25) is 0 Å². The largest absolute Gasteiger partial charge is 0.349 e. The van der Waals surface area contributed by atoms with E-state index in [1.807, 2.05) is 0 Å². The fourth-order valence-corrected chi connectivity index (χ4v) is 3.35. The van der Waals surface area contributed by atoms with Crippen molar-refractivity contribution in [2.45, 2.75) is 50.6 Å². The minimum atomic E-state index is -0.405. The molecule has 1 amide bonds. The van der Waals surface area contributed by atoms with Crippen molar-refractivity contribution in [3.05, 3.63) is 35.1 Å². The van der Waals surface area contributed by atoms with Crippen molar-refractivity contribution in [3.63, 3.8) is 0 Å². The maximum Gasteiger partial charge on any atom is 0.254 e. The van der Waals surface area contributed by atoms with E-state index in [0.29, 0.717) is 5.56 Å². The molecule has 20 heavy (non-hydrogen) atoms. The Morgan fingerprint density at radius 3 is 2.95 bits per heavy atom. The zero-order valence-electron chi connectivity index (χ0n) is 11.8. The molecule has 1 spiro atoms. The van der Waals surface area contributed by atoms with Gasteiger partial charge in [0, 0.05) is 11.6 Å². The molecule has 2 aliphatic rings. The van der Waals surface area contributed by atoms with Gasteiger partial charge in [-0.3, -0.25) is 4.79 Å². The number of aryl methyl sites for hydroxylation is 1. The Morgan fingerprint density at radius 1 is 1.45 bits per heavy atom. The molecule has 0 aromatic heterocycles. The topological polar surface area (TPSA) is 41.1 Å². The van der Waals surface area contributed by atoms with Crippen LogP contribution in [0.5, 0.6) is 0 Å². The number of carbonyl (C=O) groups excluding carboxylic acids is 1. The minimum absolute atomic E-state index is 0.156. The summed E-state index contributed by atoms with van der Waals surface area (Å²) in [6.45, 7) is 2.61. The number of piperidine rings is 1. The van der Waals surface area contributed by atoms with Crippen molar-refractivity contribution in [2.24, 2.45) is 0 Å². The van der Waals surface area contributed by atoms with E-state index in [1.54, 1.807) is 25.1 Å². The van der Waals surface area contributed by atoms with Crippen molar-refractivity contribution >= 4 is 5.91 Å². The summed E-state index contributed by atoms with van der Waals surface area (Å²) in [5.41, 5.74) is 0.908. The number of hydrogen-bond donors (Lipinski definition) is 2. The van der Waals surface area contributed by atoms with Crippen LogP contribution in [-0.2, 0) is 0 Å². The Kier molecular flexibility index (Phi) is 3.50. The van der Waals surface area contributed by atoms with Gasteiger partial charge in [0.1, 0.15) is 5.82 Å². The molecule has 4 heteroatoms. The zero-order valence-corrected chi connectivity index (χ0v) is 11.8. The number of hydrogen-bond acceptors (Lipinski definition) is 2. The third kappa shape index (κ3) is 2.44. The summed E-state index contributed by atoms with van der Waals surface area (Å²) < 4.78 is 14.0. The lowest BCUT2D eigenvalue weighted by Crippen LogP contribution is -2.59. The third-order valence-electron chi connectivity index (χ3n) is 4.71. The maximum atomic E-state index is 14.0. The molecule has 1 heterocycles. The standard InChI is InChI=1S/C16H21FN2O/c1-11-4-2-5-13(14(11)17)15(20)19-12-6-9-18-16(10-12)7-3-8-16/h2,4-5,12,18H,3,6-10H2,1H3,(H,19,20). The van der Waals surface area contributed by atoms with Crippen molar-refractivity contribution in [2.75, 3.05) is 6.54 Å². The van der Waals surface area contributed by atoms with Gasteiger partial charge in [0.25, 0.3) is 5.91 Å². The van der Waals surface area contributed by atoms with Gasteiger partial charge in [-0.15, -0.1) is 0 Å². The molecule has 3 nitrogen and oxygen atoms in total. The second-order valence-corrected chi connectivity index (χ2v) is 6.16. The lowest BCUT2D eigenvalue weighted by atomic mass is 9.70. The normalized spacial score (nSPS) is 24.2. The molecule has 1 aromatic carbocycles. The smallest absolute Gasteiger partial charge is 0.254 e. The highest BCUT2D eigenvalue weighted by atomic mass is 19.1. The Bertz CT molecular complexity index is 525. The highest BCUT2D eigenvalue weighted by molar-refractivity contribution is 5.94. The minimum Gasteiger partial charge on any atom is -0.349 e. The van der Waals surface area contributed by atoms with Gasteiger partial charge in [-0.05, 0) is 57.2 Å². The highest BCUT2D eigenvalue weighted by Crippen LogP contribution is 2.38. The van der Waals surface area contributed by atoms with Gasteiger partial charge in [-0.25, -0.2) is 4.39 Å². The molecular weight excluding hydrogens is 255 g/mol. The second-order valence-electron chi connectivity index (χ2n) is 6.16. The van der Waals surface area contributed by atoms with Gasteiger partial charge in [-0.2, -0.15) is 0 Å². The van der Waals surface area contributed by atoms with Crippen molar-refractivity contribution < 1.29 is 9.18 Å². The Balaban J connectivity index is 1.68. The van der Waals surface area contributed by atoms with Gasteiger partial charge in [0.15, 0.2) is 0 Å². The summed E-state index contributed by atoms with van der Waals surface area (Å²) in [5, 5.41) is 6.58. The van der Waals surface area contributed by atoms with Crippen LogP contribution in [0.25, 0.3) is 0 Å². The lowest BCUT2D eigenvalue weighted by molar-refractivity contribution is 0.0849. The van der Waals surface area contributed by atoms with Gasteiger partial charge >= 0.3 is 0 Å². The number of halogens is 1. The highest BCUT2D eigenvalue weighted by Gasteiger charge is 2.41. The van der Waals surface area contributed by atoms with Crippen LogP contribution in [0, 0.1) is 12.7 Å². The monoisotopic (exact) mass is 276 g/mol. The first-order valence-corrected chi connectivity index (χ1v) is 7.41. The molecule has 1 unspecified atom stereocenters. The summed E-state index contributed by atoms with van der Waals surface area (Å²) in [5.74, 6) is -0.690. The number of nitrogens with one attached hydrogen (secondary N) is 2. The van der Waals surface area contributed by atoms with E-state index < -0.39 is 5.82 Å². The fourth-order valence-electron chi connectivity index (χ4n) is 3.35. The molecule has 0 radical (unpaired) electrons. The Morgan fingerprint density at radius 2 is 2.25 bits per heavy atom. The van der Waals surface area contributed by atoms with Crippen LogP contribution >= 0.6 is 0 Å².